The first-order chi connectivity index (χ1) is 19.1. The zero-order valence-electron chi connectivity index (χ0n) is 19.6. The molecule has 0 unspecified atom stereocenters. The number of carbonyl (C=O) groups is 6. The summed E-state index contributed by atoms with van der Waals surface area (Å²) in [4.78, 5) is 71.3. The van der Waals surface area contributed by atoms with Crippen molar-refractivity contribution < 1.29 is 76.6 Å². The molecule has 0 bridgehead atoms. The van der Waals surface area contributed by atoms with Gasteiger partial charge in [-0.1, -0.05) is 12.1 Å². The zero-order valence-corrected chi connectivity index (χ0v) is 19.6. The van der Waals surface area contributed by atoms with Crippen molar-refractivity contribution in [2.45, 2.75) is 6.18 Å². The number of halogens is 3. The van der Waals surface area contributed by atoms with Crippen molar-refractivity contribution in [2.24, 2.45) is 0 Å². The highest BCUT2D eigenvalue weighted by Gasteiger charge is 2.47. The number of rotatable bonds is 8. The lowest BCUT2D eigenvalue weighted by atomic mass is 9.99. The number of aromatic carboxylic acids is 4. The van der Waals surface area contributed by atoms with E-state index in [1.807, 2.05) is 0 Å². The highest BCUT2D eigenvalue weighted by molar-refractivity contribution is 6.16. The van der Waals surface area contributed by atoms with Crippen LogP contribution in [0.25, 0.3) is 0 Å². The molecule has 210 valence electrons. The predicted octanol–water partition coefficient (Wildman–Crippen LogP) is 4.39. The van der Waals surface area contributed by atoms with E-state index in [2.05, 4.69) is 4.74 Å². The first-order valence-corrected chi connectivity index (χ1v) is 10.7. The second kappa shape index (κ2) is 9.99. The van der Waals surface area contributed by atoms with E-state index in [0.29, 0.717) is 6.07 Å². The SMILES string of the molecule is O=C(O)c1cccc(Oc2cc3c(c(C(F)(F)F)c2Oc2cccc(C(=O)O)c2C(=O)O)C(=O)OC3=O)c1C(=O)O. The Kier molecular flexibility index (Phi) is 6.84. The van der Waals surface area contributed by atoms with Gasteiger partial charge in [-0.05, 0) is 24.3 Å². The molecule has 1 aliphatic rings. The normalized spacial score (nSPS) is 12.4. The number of fused-ring (bicyclic) bond motifs is 1. The molecular formula is C25H11F3O13. The average molecular weight is 576 g/mol. The summed E-state index contributed by atoms with van der Waals surface area (Å²) < 4.78 is 58.1. The maximum Gasteiger partial charge on any atom is 0.421 e. The number of benzene rings is 3. The van der Waals surface area contributed by atoms with Gasteiger partial charge in [0.1, 0.15) is 28.2 Å². The first-order valence-electron chi connectivity index (χ1n) is 10.7. The van der Waals surface area contributed by atoms with Crippen molar-refractivity contribution >= 4 is 35.8 Å². The number of alkyl halides is 3. The largest absolute Gasteiger partial charge is 0.478 e. The maximum absolute atomic E-state index is 14.4. The fourth-order valence-electron chi connectivity index (χ4n) is 3.91. The molecule has 0 saturated heterocycles. The highest BCUT2D eigenvalue weighted by atomic mass is 19.4. The van der Waals surface area contributed by atoms with Crippen LogP contribution in [0.5, 0.6) is 23.0 Å². The molecule has 41 heavy (non-hydrogen) atoms. The Hall–Kier alpha value is -5.93. The van der Waals surface area contributed by atoms with Gasteiger partial charge in [0.2, 0.25) is 0 Å². The van der Waals surface area contributed by atoms with Gasteiger partial charge in [-0.15, -0.1) is 0 Å². The monoisotopic (exact) mass is 576 g/mol. The first kappa shape index (κ1) is 28.1. The van der Waals surface area contributed by atoms with Crippen LogP contribution in [0.1, 0.15) is 67.7 Å². The molecule has 4 N–H and O–H groups in total. The van der Waals surface area contributed by atoms with Crippen molar-refractivity contribution in [1.29, 1.82) is 0 Å². The van der Waals surface area contributed by atoms with Gasteiger partial charge in [0, 0.05) is 6.07 Å². The lowest BCUT2D eigenvalue weighted by molar-refractivity contribution is -0.139. The van der Waals surface area contributed by atoms with E-state index in [9.17, 15) is 62.4 Å². The Morgan fingerprint density at radius 2 is 1.17 bits per heavy atom. The summed E-state index contributed by atoms with van der Waals surface area (Å²) in [6.45, 7) is 0. The third-order valence-electron chi connectivity index (χ3n) is 5.51. The molecule has 0 spiro atoms. The van der Waals surface area contributed by atoms with Gasteiger partial charge < -0.3 is 34.6 Å². The number of carboxylic acids is 4. The van der Waals surface area contributed by atoms with Gasteiger partial charge >= 0.3 is 42.0 Å². The van der Waals surface area contributed by atoms with Gasteiger partial charge in [-0.25, -0.2) is 28.8 Å². The summed E-state index contributed by atoms with van der Waals surface area (Å²) in [7, 11) is 0. The molecule has 0 saturated carbocycles. The molecule has 4 rings (SSSR count). The minimum atomic E-state index is -5.55. The summed E-state index contributed by atoms with van der Waals surface area (Å²) in [5.41, 5.74) is -8.24. The van der Waals surface area contributed by atoms with Crippen molar-refractivity contribution in [3.63, 3.8) is 0 Å². The molecule has 0 aliphatic carbocycles. The summed E-state index contributed by atoms with van der Waals surface area (Å²) in [5, 5.41) is 37.9. The van der Waals surface area contributed by atoms with E-state index in [0.717, 1.165) is 36.4 Å². The van der Waals surface area contributed by atoms with Crippen LogP contribution in [-0.4, -0.2) is 56.2 Å². The smallest absolute Gasteiger partial charge is 0.421 e. The summed E-state index contributed by atoms with van der Waals surface area (Å²) in [5.74, 6) is -15.1. The lowest BCUT2D eigenvalue weighted by Gasteiger charge is -2.21. The molecule has 3 aromatic carbocycles. The van der Waals surface area contributed by atoms with Gasteiger partial charge in [0.25, 0.3) is 0 Å². The number of hydrogen-bond acceptors (Lipinski definition) is 9. The van der Waals surface area contributed by atoms with Crippen LogP contribution >= 0.6 is 0 Å². The topological polar surface area (TPSA) is 211 Å². The van der Waals surface area contributed by atoms with Crippen LogP contribution in [0.3, 0.4) is 0 Å². The zero-order chi connectivity index (χ0) is 30.4. The molecule has 0 amide bonds. The van der Waals surface area contributed by atoms with Crippen molar-refractivity contribution in [2.75, 3.05) is 0 Å². The van der Waals surface area contributed by atoms with E-state index < -0.39 is 104 Å². The standard InChI is InChI=1S/C25H11F3O13/c26-25(27,28)17-16-10(23(37)41-24(16)38)7-13(39-11-5-1-3-8(19(29)30)14(11)21(33)34)18(17)40-12-6-2-4-9(20(31)32)15(12)22(35)36/h1-7H,(H,29,30)(H,31,32)(H,33,34)(H,35,36). The fraction of sp³-hybridized carbons (Fsp3) is 0.0400. The molecule has 0 aromatic heterocycles. The minimum absolute atomic E-state index is 0.508. The highest BCUT2D eigenvalue weighted by Crippen LogP contribution is 2.50. The van der Waals surface area contributed by atoms with E-state index in [1.165, 1.54) is 0 Å². The van der Waals surface area contributed by atoms with Crippen LogP contribution in [-0.2, 0) is 10.9 Å². The van der Waals surface area contributed by atoms with Crippen molar-refractivity contribution in [1.82, 2.24) is 0 Å². The third-order valence-corrected chi connectivity index (χ3v) is 5.51. The van der Waals surface area contributed by atoms with E-state index in [4.69, 9.17) is 9.47 Å². The van der Waals surface area contributed by atoms with Crippen LogP contribution < -0.4 is 9.47 Å². The minimum Gasteiger partial charge on any atom is -0.478 e. The molecule has 0 radical (unpaired) electrons. The van der Waals surface area contributed by atoms with Crippen LogP contribution in [0, 0.1) is 0 Å². The lowest BCUT2D eigenvalue weighted by Crippen LogP contribution is -2.16. The van der Waals surface area contributed by atoms with Gasteiger partial charge in [0.05, 0.1) is 22.3 Å². The number of carbonyl (C=O) groups excluding carboxylic acids is 2. The Bertz CT molecular complexity index is 1710. The molecular weight excluding hydrogens is 565 g/mol. The summed E-state index contributed by atoms with van der Waals surface area (Å²) >= 11 is 0. The van der Waals surface area contributed by atoms with Gasteiger partial charge in [0.15, 0.2) is 11.5 Å². The van der Waals surface area contributed by atoms with Crippen LogP contribution in [0.2, 0.25) is 0 Å². The number of carboxylic acid groups (broad SMARTS) is 4. The van der Waals surface area contributed by atoms with Gasteiger partial charge in [-0.3, -0.25) is 0 Å². The Labute approximate surface area is 223 Å². The van der Waals surface area contributed by atoms with E-state index in [-0.39, 0.29) is 0 Å². The van der Waals surface area contributed by atoms with Crippen molar-refractivity contribution in [3.8, 4) is 23.0 Å². The Balaban J connectivity index is 2.08. The molecule has 3 aromatic rings. The Morgan fingerprint density at radius 3 is 1.61 bits per heavy atom. The van der Waals surface area contributed by atoms with Gasteiger partial charge in [-0.2, -0.15) is 13.2 Å². The van der Waals surface area contributed by atoms with E-state index >= 15 is 0 Å². The summed E-state index contributed by atoms with van der Waals surface area (Å²) in [6.07, 6.45) is -5.55. The quantitative estimate of drug-likeness (QED) is 0.217. The second-order valence-electron chi connectivity index (χ2n) is 7.96. The predicted molar refractivity (Wildman–Crippen MR) is 122 cm³/mol. The fourth-order valence-corrected chi connectivity index (χ4v) is 3.91. The molecule has 0 fully saturated rings. The third kappa shape index (κ3) is 4.96. The number of ether oxygens (including phenoxy) is 3. The molecule has 16 heteroatoms. The number of cyclic esters (lactones) is 2. The van der Waals surface area contributed by atoms with Crippen molar-refractivity contribution in [3.05, 3.63) is 81.4 Å². The van der Waals surface area contributed by atoms with E-state index in [1.54, 1.807) is 0 Å². The molecule has 0 atom stereocenters. The maximum atomic E-state index is 14.4. The number of hydrogen-bond donors (Lipinski definition) is 4. The average Bonchev–Trinajstić information content (AvgIpc) is 3.15. The second-order valence-corrected chi connectivity index (χ2v) is 7.96. The summed E-state index contributed by atoms with van der Waals surface area (Å²) in [6, 6.07) is 5.74. The number of esters is 2. The van der Waals surface area contributed by atoms with Crippen LogP contribution in [0.15, 0.2) is 42.5 Å². The van der Waals surface area contributed by atoms with Crippen LogP contribution in [0.4, 0.5) is 13.2 Å². The molecule has 1 heterocycles. The molecule has 13 nitrogen and oxygen atoms in total. The molecule has 1 aliphatic heterocycles. The Morgan fingerprint density at radius 1 is 0.683 bits per heavy atom.